The van der Waals surface area contributed by atoms with Gasteiger partial charge in [-0.3, -0.25) is 0 Å². The minimum atomic E-state index is -4.18. The van der Waals surface area contributed by atoms with Gasteiger partial charge in [0.25, 0.3) is 0 Å². The predicted molar refractivity (Wildman–Crippen MR) is 151 cm³/mol. The molecule has 5 heteroatoms. The molecule has 0 heterocycles. The Hall–Kier alpha value is -4.08. The predicted octanol–water partition coefficient (Wildman–Crippen LogP) is 9.40. The van der Waals surface area contributed by atoms with Crippen LogP contribution in [-0.4, -0.2) is 0 Å². The molecule has 192 valence electrons. The first-order valence-electron chi connectivity index (χ1n) is 13.0. The van der Waals surface area contributed by atoms with Crippen molar-refractivity contribution in [2.24, 2.45) is 0 Å². The van der Waals surface area contributed by atoms with Gasteiger partial charge in [-0.25, -0.2) is 0 Å². The Morgan fingerprint density at radius 2 is 0.846 bits per heavy atom. The Balaban J connectivity index is 1.34. The Bertz CT molecular complexity index is 1440. The first kappa shape index (κ1) is 25.2. The van der Waals surface area contributed by atoms with E-state index in [9.17, 15) is 0 Å². The van der Waals surface area contributed by atoms with Crippen LogP contribution in [-0.2, 0) is 21.1 Å². The van der Waals surface area contributed by atoms with E-state index >= 15 is 0 Å². The number of rotatable bonds is 10. The SMILES string of the molecule is C1=CC[C]([Zr]([O]c2cccc(Oc3ccccc3)c2)([O]c2cccc(Oc3ccccc3)c2)[C]2=CC=CC2)=C1. The number of hydrogen-bond donors (Lipinski definition) is 0. The summed E-state index contributed by atoms with van der Waals surface area (Å²) in [6.45, 7) is 0. The third kappa shape index (κ3) is 6.00. The van der Waals surface area contributed by atoms with Gasteiger partial charge in [0, 0.05) is 0 Å². The van der Waals surface area contributed by atoms with Crippen LogP contribution >= 0.6 is 0 Å². The summed E-state index contributed by atoms with van der Waals surface area (Å²) in [5.41, 5.74) is 0. The molecule has 0 atom stereocenters. The van der Waals surface area contributed by atoms with Crippen LogP contribution < -0.4 is 15.1 Å². The second kappa shape index (κ2) is 11.8. The van der Waals surface area contributed by atoms with Gasteiger partial charge in [0.05, 0.1) is 0 Å². The molecule has 4 aromatic rings. The Morgan fingerprint density at radius 3 is 1.26 bits per heavy atom. The molecule has 0 spiro atoms. The van der Waals surface area contributed by atoms with Gasteiger partial charge in [0.15, 0.2) is 0 Å². The molecular weight excluding hydrogens is 564 g/mol. The zero-order valence-corrected chi connectivity index (χ0v) is 23.9. The molecule has 0 aromatic heterocycles. The van der Waals surface area contributed by atoms with Gasteiger partial charge in [0.1, 0.15) is 0 Å². The maximum atomic E-state index is 7.06. The van der Waals surface area contributed by atoms with E-state index < -0.39 is 21.1 Å². The summed E-state index contributed by atoms with van der Waals surface area (Å²) in [6, 6.07) is 35.2. The third-order valence-corrected chi connectivity index (χ3v) is 15.0. The topological polar surface area (TPSA) is 36.9 Å². The van der Waals surface area contributed by atoms with Gasteiger partial charge < -0.3 is 0 Å². The van der Waals surface area contributed by atoms with Gasteiger partial charge in [-0.1, -0.05) is 0 Å². The molecule has 4 aromatic carbocycles. The molecule has 0 N–H and O–H groups in total. The number of para-hydroxylation sites is 2. The molecule has 2 aliphatic carbocycles. The van der Waals surface area contributed by atoms with E-state index in [1.807, 2.05) is 109 Å². The fourth-order valence-electron chi connectivity index (χ4n) is 4.66. The van der Waals surface area contributed by atoms with Crippen molar-refractivity contribution >= 4 is 0 Å². The van der Waals surface area contributed by atoms with E-state index in [1.165, 1.54) is 6.56 Å². The van der Waals surface area contributed by atoms with Crippen LogP contribution in [0.25, 0.3) is 0 Å². The van der Waals surface area contributed by atoms with Crippen molar-refractivity contribution in [1.82, 2.24) is 0 Å². The molecule has 0 unspecified atom stereocenters. The quantitative estimate of drug-likeness (QED) is 0.184. The minimum absolute atomic E-state index is 0.717. The fourth-order valence-corrected chi connectivity index (χ4v) is 12.8. The van der Waals surface area contributed by atoms with E-state index in [0.717, 1.165) is 35.8 Å². The summed E-state index contributed by atoms with van der Waals surface area (Å²) in [6.07, 6.45) is 14.5. The van der Waals surface area contributed by atoms with Crippen LogP contribution in [0.2, 0.25) is 0 Å². The molecule has 0 bridgehead atoms. The Kier molecular flexibility index (Phi) is 7.60. The van der Waals surface area contributed by atoms with Crippen LogP contribution in [0, 0.1) is 0 Å². The van der Waals surface area contributed by atoms with Crippen molar-refractivity contribution in [3.8, 4) is 34.5 Å². The summed E-state index contributed by atoms with van der Waals surface area (Å²) in [5.74, 6) is 4.46. The molecule has 6 rings (SSSR count). The maximum absolute atomic E-state index is 7.06. The second-order valence-electron chi connectivity index (χ2n) is 9.25. The zero-order valence-electron chi connectivity index (χ0n) is 21.4. The number of benzene rings is 4. The zero-order chi connectivity index (χ0) is 26.3. The van der Waals surface area contributed by atoms with Crippen LogP contribution in [0.4, 0.5) is 0 Å². The third-order valence-electron chi connectivity index (χ3n) is 6.48. The van der Waals surface area contributed by atoms with E-state index in [0.29, 0.717) is 11.5 Å². The fraction of sp³-hybridized carbons (Fsp3) is 0.0588. The van der Waals surface area contributed by atoms with Gasteiger partial charge in [-0.2, -0.15) is 0 Å². The van der Waals surface area contributed by atoms with E-state index in [-0.39, 0.29) is 0 Å². The molecule has 0 saturated heterocycles. The first-order chi connectivity index (χ1) is 19.3. The van der Waals surface area contributed by atoms with Crippen LogP contribution in [0.1, 0.15) is 12.8 Å². The van der Waals surface area contributed by atoms with Crippen LogP contribution in [0.15, 0.2) is 152 Å². The monoisotopic (exact) mass is 590 g/mol. The summed E-state index contributed by atoms with van der Waals surface area (Å²) in [5, 5.41) is 0. The summed E-state index contributed by atoms with van der Waals surface area (Å²) >= 11 is -4.18. The van der Waals surface area contributed by atoms with Crippen LogP contribution in [0.5, 0.6) is 34.5 Å². The first-order valence-corrected chi connectivity index (χ1v) is 17.5. The molecule has 0 amide bonds. The van der Waals surface area contributed by atoms with Gasteiger partial charge in [0.2, 0.25) is 0 Å². The van der Waals surface area contributed by atoms with Crippen molar-refractivity contribution < 1.29 is 36.2 Å². The summed E-state index contributed by atoms with van der Waals surface area (Å²) in [7, 11) is 0. The molecule has 0 fully saturated rings. The van der Waals surface area contributed by atoms with Gasteiger partial charge in [-0.05, 0) is 0 Å². The number of allylic oxidation sites excluding steroid dienone is 8. The molecule has 0 radical (unpaired) electrons. The molecule has 39 heavy (non-hydrogen) atoms. The van der Waals surface area contributed by atoms with Crippen molar-refractivity contribution in [3.63, 3.8) is 0 Å². The van der Waals surface area contributed by atoms with Crippen molar-refractivity contribution in [2.75, 3.05) is 0 Å². The Labute approximate surface area is 234 Å². The molecular formula is C34H28O4Zr. The van der Waals surface area contributed by atoms with Crippen molar-refractivity contribution in [2.45, 2.75) is 12.8 Å². The van der Waals surface area contributed by atoms with E-state index in [1.54, 1.807) is 0 Å². The standard InChI is InChI=1S/2C12H10O2.2C5H5.Zr/c2*13-10-5-4-8-12(9-10)14-11-6-2-1-3-7-11;2*1-2-4-5-3-1;/h2*1-9,13H;2*1-3H,4H2;/q;;;;+2/p-2. The van der Waals surface area contributed by atoms with Crippen molar-refractivity contribution in [1.29, 1.82) is 0 Å². The van der Waals surface area contributed by atoms with Crippen molar-refractivity contribution in [3.05, 3.63) is 152 Å². The van der Waals surface area contributed by atoms with E-state index in [2.05, 4.69) is 36.5 Å². The second-order valence-corrected chi connectivity index (χ2v) is 16.4. The molecule has 0 saturated carbocycles. The Morgan fingerprint density at radius 1 is 0.436 bits per heavy atom. The van der Waals surface area contributed by atoms with Gasteiger partial charge >= 0.3 is 236 Å². The molecule has 2 aliphatic rings. The van der Waals surface area contributed by atoms with E-state index in [4.69, 9.17) is 15.1 Å². The number of hydrogen-bond acceptors (Lipinski definition) is 4. The average Bonchev–Trinajstić information content (AvgIpc) is 3.70. The normalized spacial score (nSPS) is 14.1. The summed E-state index contributed by atoms with van der Waals surface area (Å²) in [4.78, 5) is 0. The van der Waals surface area contributed by atoms with Gasteiger partial charge in [-0.15, -0.1) is 0 Å². The summed E-state index contributed by atoms with van der Waals surface area (Å²) < 4.78 is 28.8. The number of ether oxygens (including phenoxy) is 2. The molecule has 0 aliphatic heterocycles. The van der Waals surface area contributed by atoms with Crippen LogP contribution in [0.3, 0.4) is 0 Å². The average molecular weight is 592 g/mol. The molecule has 4 nitrogen and oxygen atoms in total.